The molecule has 3 nitrogen and oxygen atoms in total. The summed E-state index contributed by atoms with van der Waals surface area (Å²) in [6.07, 6.45) is 1.79. The molecule has 29 heavy (non-hydrogen) atoms. The normalized spacial score (nSPS) is 28.7. The fourth-order valence-electron chi connectivity index (χ4n) is 5.65. The molecular weight excluding hydrogens is 376 g/mol. The van der Waals surface area contributed by atoms with Crippen molar-refractivity contribution in [1.29, 1.82) is 0 Å². The Bertz CT molecular complexity index is 834. The highest BCUT2D eigenvalue weighted by molar-refractivity contribution is 6.99. The van der Waals surface area contributed by atoms with Gasteiger partial charge in [0.2, 0.25) is 0 Å². The molecule has 4 atom stereocenters. The maximum atomic E-state index is 12.5. The number of hydrogen-bond donors (Lipinski definition) is 0. The van der Waals surface area contributed by atoms with Crippen molar-refractivity contribution in [3.05, 3.63) is 60.7 Å². The molecule has 0 spiro atoms. The molecule has 0 bridgehead atoms. The molecule has 0 aliphatic heterocycles. The Labute approximate surface area is 175 Å². The average molecular weight is 409 g/mol. The van der Waals surface area contributed by atoms with Gasteiger partial charge in [-0.15, -0.1) is 0 Å². The zero-order valence-electron chi connectivity index (χ0n) is 18.1. The minimum absolute atomic E-state index is 0.0529. The monoisotopic (exact) mass is 408 g/mol. The van der Waals surface area contributed by atoms with E-state index in [2.05, 4.69) is 88.4 Å². The van der Waals surface area contributed by atoms with Crippen LogP contribution in [-0.4, -0.2) is 27.5 Å². The van der Waals surface area contributed by atoms with Crippen molar-refractivity contribution in [3.8, 4) is 0 Å². The average Bonchev–Trinajstić information content (AvgIpc) is 3.39. The van der Waals surface area contributed by atoms with Crippen molar-refractivity contribution in [2.45, 2.75) is 51.7 Å². The third-order valence-electron chi connectivity index (χ3n) is 7.26. The van der Waals surface area contributed by atoms with Gasteiger partial charge in [-0.25, -0.2) is 0 Å². The topological polar surface area (TPSA) is 35.5 Å². The van der Waals surface area contributed by atoms with E-state index in [1.54, 1.807) is 0 Å². The van der Waals surface area contributed by atoms with Crippen LogP contribution in [0.25, 0.3) is 0 Å². The smallest absolute Gasteiger partial charge is 0.312 e. The van der Waals surface area contributed by atoms with Crippen LogP contribution in [0.3, 0.4) is 0 Å². The number of fused-ring (bicyclic) bond motifs is 1. The predicted octanol–water partition coefficient (Wildman–Crippen LogP) is 4.15. The molecule has 4 heteroatoms. The Balaban J connectivity index is 1.79. The molecule has 0 amide bonds. The Morgan fingerprint density at radius 1 is 0.966 bits per heavy atom. The summed E-state index contributed by atoms with van der Waals surface area (Å²) in [4.78, 5) is 12.5. The van der Waals surface area contributed by atoms with Crippen LogP contribution in [0.5, 0.6) is 0 Å². The van der Waals surface area contributed by atoms with E-state index in [0.717, 1.165) is 12.8 Å². The first-order valence-electron chi connectivity index (χ1n) is 10.6. The molecule has 0 aromatic heterocycles. The Morgan fingerprint density at radius 3 is 1.93 bits per heavy atom. The fourth-order valence-corrected chi connectivity index (χ4v) is 10.4. The van der Waals surface area contributed by atoms with Crippen molar-refractivity contribution < 1.29 is 14.0 Å². The van der Waals surface area contributed by atoms with Crippen LogP contribution in [0.1, 0.15) is 40.5 Å². The number of methoxy groups -OCH3 is 1. The predicted molar refractivity (Wildman–Crippen MR) is 119 cm³/mol. The van der Waals surface area contributed by atoms with Crippen molar-refractivity contribution in [3.63, 3.8) is 0 Å². The Morgan fingerprint density at radius 2 is 1.48 bits per heavy atom. The van der Waals surface area contributed by atoms with Gasteiger partial charge in [-0.05, 0) is 40.1 Å². The molecule has 2 saturated carbocycles. The number of hydrogen-bond acceptors (Lipinski definition) is 3. The Kier molecular flexibility index (Phi) is 4.99. The second-order valence-corrected chi connectivity index (χ2v) is 14.1. The molecule has 0 radical (unpaired) electrons. The highest BCUT2D eigenvalue weighted by Crippen LogP contribution is 2.67. The first-order valence-corrected chi connectivity index (χ1v) is 12.5. The van der Waals surface area contributed by atoms with E-state index < -0.39 is 8.32 Å². The number of carbonyl (C=O) groups is 1. The van der Waals surface area contributed by atoms with E-state index in [4.69, 9.17) is 9.16 Å². The van der Waals surface area contributed by atoms with E-state index in [1.807, 2.05) is 0 Å². The van der Waals surface area contributed by atoms with E-state index in [1.165, 1.54) is 17.5 Å². The molecule has 0 heterocycles. The van der Waals surface area contributed by atoms with Gasteiger partial charge in [0, 0.05) is 6.10 Å². The molecule has 2 aliphatic carbocycles. The summed E-state index contributed by atoms with van der Waals surface area (Å²) in [5.41, 5.74) is -0.315. The van der Waals surface area contributed by atoms with Gasteiger partial charge in [0.15, 0.2) is 0 Å². The molecule has 2 aliphatic rings. The lowest BCUT2D eigenvalue weighted by Gasteiger charge is -2.45. The second kappa shape index (κ2) is 7.10. The SMILES string of the molecule is COC(=O)[C@@]12C[C@H](O[Si](c3ccccc3)(c3ccccc3)C(C)(C)C)[C@H](C)[C@@H]1C2. The number of ether oxygens (including phenoxy) is 1. The van der Waals surface area contributed by atoms with Crippen molar-refractivity contribution in [2.24, 2.45) is 17.3 Å². The highest BCUT2D eigenvalue weighted by atomic mass is 28.4. The molecule has 154 valence electrons. The first kappa shape index (κ1) is 20.4. The van der Waals surface area contributed by atoms with Crippen LogP contribution in [0.15, 0.2) is 60.7 Å². The number of rotatable bonds is 5. The Hall–Kier alpha value is -1.91. The molecule has 2 fully saturated rings. The van der Waals surface area contributed by atoms with Gasteiger partial charge >= 0.3 is 5.97 Å². The van der Waals surface area contributed by atoms with Gasteiger partial charge in [0.25, 0.3) is 8.32 Å². The summed E-state index contributed by atoms with van der Waals surface area (Å²) in [6.45, 7) is 9.16. The minimum atomic E-state index is -2.60. The molecule has 2 aromatic carbocycles. The lowest BCUT2D eigenvalue weighted by atomic mass is 10.0. The number of carbonyl (C=O) groups excluding carboxylic acids is 1. The van der Waals surface area contributed by atoms with Crippen molar-refractivity contribution >= 4 is 24.7 Å². The van der Waals surface area contributed by atoms with E-state index in [9.17, 15) is 4.79 Å². The maximum Gasteiger partial charge on any atom is 0.312 e. The summed E-state index contributed by atoms with van der Waals surface area (Å²) < 4.78 is 12.5. The number of benzene rings is 2. The molecule has 0 saturated heterocycles. The summed E-state index contributed by atoms with van der Waals surface area (Å²) in [5.74, 6) is 0.691. The molecule has 0 unspecified atom stereocenters. The summed E-state index contributed by atoms with van der Waals surface area (Å²) in [7, 11) is -1.09. The minimum Gasteiger partial charge on any atom is -0.469 e. The van der Waals surface area contributed by atoms with E-state index in [0.29, 0.717) is 11.8 Å². The lowest BCUT2D eigenvalue weighted by Crippen LogP contribution is -2.68. The molecule has 0 N–H and O–H groups in total. The van der Waals surface area contributed by atoms with Crippen molar-refractivity contribution in [2.75, 3.05) is 7.11 Å². The zero-order chi connectivity index (χ0) is 20.9. The van der Waals surface area contributed by atoms with Gasteiger partial charge in [0.05, 0.1) is 12.5 Å². The summed E-state index contributed by atoms with van der Waals surface area (Å²) >= 11 is 0. The quantitative estimate of drug-likeness (QED) is 0.551. The highest BCUT2D eigenvalue weighted by Gasteiger charge is 2.70. The van der Waals surface area contributed by atoms with Gasteiger partial charge < -0.3 is 9.16 Å². The summed E-state index contributed by atoms with van der Waals surface area (Å²) in [5, 5.41) is 2.53. The second-order valence-electron chi connectivity index (χ2n) is 9.84. The molecular formula is C25H32O3Si. The molecule has 2 aromatic rings. The first-order chi connectivity index (χ1) is 13.8. The van der Waals surface area contributed by atoms with Gasteiger partial charge in [-0.1, -0.05) is 88.4 Å². The van der Waals surface area contributed by atoms with E-state index >= 15 is 0 Å². The largest absolute Gasteiger partial charge is 0.469 e. The van der Waals surface area contributed by atoms with Crippen LogP contribution < -0.4 is 10.4 Å². The molecule has 4 rings (SSSR count). The van der Waals surface area contributed by atoms with Crippen LogP contribution in [0.4, 0.5) is 0 Å². The summed E-state index contributed by atoms with van der Waals surface area (Å²) in [6, 6.07) is 21.5. The number of esters is 1. The lowest BCUT2D eigenvalue weighted by molar-refractivity contribution is -0.147. The third kappa shape index (κ3) is 3.08. The van der Waals surface area contributed by atoms with Crippen molar-refractivity contribution in [1.82, 2.24) is 0 Å². The van der Waals surface area contributed by atoms with Gasteiger partial charge in [-0.3, -0.25) is 4.79 Å². The van der Waals surface area contributed by atoms with Crippen LogP contribution >= 0.6 is 0 Å². The van der Waals surface area contributed by atoms with Crippen LogP contribution in [-0.2, 0) is 14.0 Å². The van der Waals surface area contributed by atoms with Crippen LogP contribution in [0, 0.1) is 17.3 Å². The fraction of sp³-hybridized carbons (Fsp3) is 0.480. The van der Waals surface area contributed by atoms with Gasteiger partial charge in [-0.2, -0.15) is 0 Å². The standard InChI is InChI=1S/C25H32O3Si/c1-18-21-16-25(21,23(26)27-5)17-22(18)28-29(24(2,3)4,19-12-8-6-9-13-19)20-14-10-7-11-15-20/h6-15,18,21-22H,16-17H2,1-5H3/t18-,21+,22+,25+/m1/s1. The maximum absolute atomic E-state index is 12.5. The zero-order valence-corrected chi connectivity index (χ0v) is 19.1. The van der Waals surface area contributed by atoms with E-state index in [-0.39, 0.29) is 22.5 Å². The van der Waals surface area contributed by atoms with Crippen LogP contribution in [0.2, 0.25) is 5.04 Å². The third-order valence-corrected chi connectivity index (χ3v) is 12.3. The van der Waals surface area contributed by atoms with Gasteiger partial charge in [0.1, 0.15) is 0 Å².